The molecule has 2 fully saturated rings. The molecule has 4 rings (SSSR count). The summed E-state index contributed by atoms with van der Waals surface area (Å²) in [6.45, 7) is 2.28. The quantitative estimate of drug-likeness (QED) is 0.564. The largest absolute Gasteiger partial charge is 0.489 e. The van der Waals surface area contributed by atoms with Crippen LogP contribution in [0.1, 0.15) is 63.4 Å². The van der Waals surface area contributed by atoms with Crippen molar-refractivity contribution in [1.29, 1.82) is 0 Å². The highest BCUT2D eigenvalue weighted by Gasteiger charge is 2.29. The summed E-state index contributed by atoms with van der Waals surface area (Å²) in [5.41, 5.74) is 3.04. The molecule has 1 aromatic carbocycles. The number of nitrogens with zero attached hydrogens (tertiary/aromatic N) is 1. The number of pyridine rings is 1. The molecule has 0 radical (unpaired) electrons. The van der Waals surface area contributed by atoms with E-state index in [-0.39, 0.29) is 5.75 Å². The van der Waals surface area contributed by atoms with Crippen LogP contribution in [0.3, 0.4) is 0 Å². The average Bonchev–Trinajstić information content (AvgIpc) is 3.48. The first-order chi connectivity index (χ1) is 12.7. The van der Waals surface area contributed by atoms with Gasteiger partial charge in [-0.2, -0.15) is 4.39 Å². The number of hydrogen-bond acceptors (Lipinski definition) is 2. The summed E-state index contributed by atoms with van der Waals surface area (Å²) in [6, 6.07) is 12.1. The lowest BCUT2D eigenvalue weighted by atomic mass is 9.77. The highest BCUT2D eigenvalue weighted by atomic mass is 19.1. The molecule has 26 heavy (non-hydrogen) atoms. The van der Waals surface area contributed by atoms with Gasteiger partial charge < -0.3 is 4.74 Å². The molecule has 1 heterocycles. The van der Waals surface area contributed by atoms with Gasteiger partial charge in [0, 0.05) is 5.56 Å². The van der Waals surface area contributed by atoms with Crippen LogP contribution in [0.2, 0.25) is 0 Å². The molecule has 0 atom stereocenters. The fourth-order valence-corrected chi connectivity index (χ4v) is 4.33. The predicted molar refractivity (Wildman–Crippen MR) is 103 cm³/mol. The van der Waals surface area contributed by atoms with Crippen molar-refractivity contribution in [2.24, 2.45) is 11.8 Å². The van der Waals surface area contributed by atoms with E-state index in [0.717, 1.165) is 17.4 Å². The maximum Gasteiger partial charge on any atom is 0.255 e. The molecular weight excluding hydrogens is 325 g/mol. The zero-order chi connectivity index (χ0) is 17.9. The Hall–Kier alpha value is -1.90. The molecule has 2 saturated carbocycles. The topological polar surface area (TPSA) is 22.1 Å². The molecule has 0 saturated heterocycles. The van der Waals surface area contributed by atoms with Gasteiger partial charge in [0.25, 0.3) is 5.95 Å². The Balaban J connectivity index is 1.39. The molecule has 2 aromatic rings. The van der Waals surface area contributed by atoms with Crippen molar-refractivity contribution in [1.82, 2.24) is 4.98 Å². The number of ether oxygens (including phenoxy) is 1. The van der Waals surface area contributed by atoms with Gasteiger partial charge in [0.2, 0.25) is 0 Å². The molecule has 0 bridgehead atoms. The van der Waals surface area contributed by atoms with Crippen LogP contribution in [0.5, 0.6) is 5.75 Å². The van der Waals surface area contributed by atoms with Crippen LogP contribution in [-0.2, 0) is 0 Å². The second kappa shape index (κ2) is 7.77. The third-order valence-electron chi connectivity index (χ3n) is 6.00. The Morgan fingerprint density at radius 3 is 2.15 bits per heavy atom. The fourth-order valence-electron chi connectivity index (χ4n) is 4.33. The maximum absolute atomic E-state index is 14.0. The van der Waals surface area contributed by atoms with E-state index in [2.05, 4.69) is 29.2 Å². The van der Waals surface area contributed by atoms with Crippen LogP contribution in [0.15, 0.2) is 36.4 Å². The van der Waals surface area contributed by atoms with Gasteiger partial charge in [0.1, 0.15) is 0 Å². The minimum absolute atomic E-state index is 0.218. The minimum atomic E-state index is -0.539. The highest BCUT2D eigenvalue weighted by Crippen LogP contribution is 2.43. The number of halogens is 1. The number of benzene rings is 1. The summed E-state index contributed by atoms with van der Waals surface area (Å²) in [4.78, 5) is 4.06. The minimum Gasteiger partial charge on any atom is -0.489 e. The Kier molecular flexibility index (Phi) is 5.23. The molecule has 0 aliphatic heterocycles. The van der Waals surface area contributed by atoms with Crippen molar-refractivity contribution >= 4 is 0 Å². The zero-order valence-corrected chi connectivity index (χ0v) is 15.6. The fraction of sp³-hybridized carbons (Fsp3) is 0.522. The van der Waals surface area contributed by atoms with Crippen molar-refractivity contribution < 1.29 is 9.13 Å². The monoisotopic (exact) mass is 353 g/mol. The number of hydrogen-bond donors (Lipinski definition) is 0. The summed E-state index contributed by atoms with van der Waals surface area (Å²) >= 11 is 0. The summed E-state index contributed by atoms with van der Waals surface area (Å²) in [5.74, 6) is 2.38. The SMILES string of the molecule is CCOc1ccc(-c2ccc(C3CCC(CC4CC4)CC3)cc2)nc1F. The molecule has 138 valence electrons. The van der Waals surface area contributed by atoms with Crippen LogP contribution in [0.25, 0.3) is 11.3 Å². The lowest BCUT2D eigenvalue weighted by Crippen LogP contribution is -2.13. The number of rotatable bonds is 6. The van der Waals surface area contributed by atoms with Crippen LogP contribution >= 0.6 is 0 Å². The second-order valence-electron chi connectivity index (χ2n) is 7.94. The van der Waals surface area contributed by atoms with Gasteiger partial charge in [-0.25, -0.2) is 4.98 Å². The van der Waals surface area contributed by atoms with Crippen molar-refractivity contribution in [3.63, 3.8) is 0 Å². The third-order valence-corrected chi connectivity index (χ3v) is 6.00. The highest BCUT2D eigenvalue weighted by molar-refractivity contribution is 5.60. The first-order valence-corrected chi connectivity index (χ1v) is 10.1. The summed E-state index contributed by atoms with van der Waals surface area (Å²) in [5, 5.41) is 0. The van der Waals surface area contributed by atoms with E-state index in [1.807, 2.05) is 13.0 Å². The van der Waals surface area contributed by atoms with Gasteiger partial charge in [0.05, 0.1) is 12.3 Å². The molecule has 1 aromatic heterocycles. The van der Waals surface area contributed by atoms with Crippen molar-refractivity contribution in [2.45, 2.75) is 57.8 Å². The van der Waals surface area contributed by atoms with E-state index >= 15 is 0 Å². The first-order valence-electron chi connectivity index (χ1n) is 10.1. The summed E-state index contributed by atoms with van der Waals surface area (Å²) in [7, 11) is 0. The van der Waals surface area contributed by atoms with Crippen LogP contribution in [0, 0.1) is 17.8 Å². The molecule has 2 nitrogen and oxygen atoms in total. The van der Waals surface area contributed by atoms with Gasteiger partial charge in [-0.05, 0) is 74.5 Å². The zero-order valence-electron chi connectivity index (χ0n) is 15.6. The normalized spacial score (nSPS) is 23.0. The molecule has 0 unspecified atom stereocenters. The van der Waals surface area contributed by atoms with Gasteiger partial charge in [-0.15, -0.1) is 0 Å². The van der Waals surface area contributed by atoms with Crippen molar-refractivity contribution in [2.75, 3.05) is 6.61 Å². The van der Waals surface area contributed by atoms with Crippen LogP contribution < -0.4 is 4.74 Å². The Morgan fingerprint density at radius 1 is 0.923 bits per heavy atom. The van der Waals surface area contributed by atoms with Gasteiger partial charge in [-0.1, -0.05) is 37.1 Å². The molecule has 0 spiro atoms. The lowest BCUT2D eigenvalue weighted by molar-refractivity contribution is 0.299. The lowest BCUT2D eigenvalue weighted by Gasteiger charge is -2.29. The molecule has 2 aliphatic carbocycles. The molecule has 3 heteroatoms. The Morgan fingerprint density at radius 2 is 1.58 bits per heavy atom. The average molecular weight is 353 g/mol. The molecular formula is C23H28FNO. The van der Waals surface area contributed by atoms with E-state index in [4.69, 9.17) is 4.74 Å². The van der Waals surface area contributed by atoms with Crippen molar-refractivity contribution in [3.8, 4) is 17.0 Å². The van der Waals surface area contributed by atoms with E-state index in [1.165, 1.54) is 50.5 Å². The predicted octanol–water partition coefficient (Wildman–Crippen LogP) is 6.36. The Labute approximate surface area is 155 Å². The smallest absolute Gasteiger partial charge is 0.255 e. The second-order valence-corrected chi connectivity index (χ2v) is 7.94. The molecule has 0 amide bonds. The molecule has 0 N–H and O–H groups in total. The standard InChI is InChI=1S/C23H28FNO/c1-2-26-22-14-13-21(25-23(22)24)20-11-9-19(10-12-20)18-7-5-17(6-8-18)15-16-3-4-16/h9-14,16-18H,2-8,15H2,1H3. The Bertz CT molecular complexity index is 730. The van der Waals surface area contributed by atoms with Gasteiger partial charge in [0.15, 0.2) is 5.75 Å². The van der Waals surface area contributed by atoms with Crippen molar-refractivity contribution in [3.05, 3.63) is 47.9 Å². The van der Waals surface area contributed by atoms with Gasteiger partial charge in [-0.3, -0.25) is 0 Å². The van der Waals surface area contributed by atoms with E-state index in [1.54, 1.807) is 6.07 Å². The van der Waals surface area contributed by atoms with E-state index < -0.39 is 5.95 Å². The summed E-state index contributed by atoms with van der Waals surface area (Å²) in [6.07, 6.45) is 9.81. The number of aromatic nitrogens is 1. The maximum atomic E-state index is 14.0. The van der Waals surface area contributed by atoms with E-state index in [9.17, 15) is 4.39 Å². The van der Waals surface area contributed by atoms with Crippen LogP contribution in [0.4, 0.5) is 4.39 Å². The van der Waals surface area contributed by atoms with Crippen LogP contribution in [-0.4, -0.2) is 11.6 Å². The van der Waals surface area contributed by atoms with Gasteiger partial charge >= 0.3 is 0 Å². The molecule has 2 aliphatic rings. The van der Waals surface area contributed by atoms with E-state index in [0.29, 0.717) is 18.2 Å². The third kappa shape index (κ3) is 4.08. The first kappa shape index (κ1) is 17.5. The summed E-state index contributed by atoms with van der Waals surface area (Å²) < 4.78 is 19.2.